The Hall–Kier alpha value is -1.04. The Morgan fingerprint density at radius 3 is 2.62 bits per heavy atom. The summed E-state index contributed by atoms with van der Waals surface area (Å²) < 4.78 is 0. The van der Waals surface area contributed by atoms with Crippen LogP contribution in [0.2, 0.25) is 0 Å². The maximum absolute atomic E-state index is 2.36. The third-order valence-corrected chi connectivity index (χ3v) is 2.98. The Balaban J connectivity index is 2.44. The lowest BCUT2D eigenvalue weighted by Gasteiger charge is -2.12. The van der Waals surface area contributed by atoms with Crippen LogP contribution in [0.1, 0.15) is 43.7 Å². The maximum Gasteiger partial charge on any atom is 0.00547 e. The van der Waals surface area contributed by atoms with Crippen molar-refractivity contribution in [2.24, 2.45) is 0 Å². The highest BCUT2D eigenvalue weighted by atomic mass is 14.3. The van der Waals surface area contributed by atoms with Gasteiger partial charge in [-0.15, -0.1) is 0 Å². The summed E-state index contributed by atoms with van der Waals surface area (Å²) >= 11 is 0. The van der Waals surface area contributed by atoms with E-state index in [0.29, 0.717) is 5.92 Å². The van der Waals surface area contributed by atoms with E-state index in [1.54, 1.807) is 5.57 Å². The first-order valence-corrected chi connectivity index (χ1v) is 5.16. The van der Waals surface area contributed by atoms with Crippen LogP contribution in [0.25, 0.3) is 6.08 Å². The molecule has 68 valence electrons. The summed E-state index contributed by atoms with van der Waals surface area (Å²) in [6, 6.07) is 8.76. The normalized spacial score (nSPS) is 19.8. The third-order valence-electron chi connectivity index (χ3n) is 2.98. The highest BCUT2D eigenvalue weighted by molar-refractivity contribution is 5.66. The number of benzene rings is 1. The van der Waals surface area contributed by atoms with Gasteiger partial charge in [0.25, 0.3) is 0 Å². The van der Waals surface area contributed by atoms with Crippen molar-refractivity contribution >= 4 is 6.08 Å². The lowest BCUT2D eigenvalue weighted by Crippen LogP contribution is -1.95. The van der Waals surface area contributed by atoms with Crippen LogP contribution in [0.5, 0.6) is 0 Å². The monoisotopic (exact) mass is 172 g/mol. The SMILES string of the molecule is CCC1=Cc2ccccc2C1CC. The van der Waals surface area contributed by atoms with Crippen molar-refractivity contribution in [2.75, 3.05) is 0 Å². The molecule has 0 saturated heterocycles. The van der Waals surface area contributed by atoms with Gasteiger partial charge in [-0.1, -0.05) is 49.8 Å². The fraction of sp³-hybridized carbons (Fsp3) is 0.385. The molecular formula is C13H16. The van der Waals surface area contributed by atoms with Crippen LogP contribution in [0, 0.1) is 0 Å². The minimum atomic E-state index is 0.696. The molecule has 1 aromatic carbocycles. The molecule has 0 nitrogen and oxygen atoms in total. The lowest BCUT2D eigenvalue weighted by molar-refractivity contribution is 0.748. The topological polar surface area (TPSA) is 0 Å². The first kappa shape index (κ1) is 8.55. The van der Waals surface area contributed by atoms with Crippen LogP contribution < -0.4 is 0 Å². The summed E-state index contributed by atoms with van der Waals surface area (Å²) in [7, 11) is 0. The van der Waals surface area contributed by atoms with Gasteiger partial charge >= 0.3 is 0 Å². The Morgan fingerprint density at radius 2 is 1.92 bits per heavy atom. The first-order valence-electron chi connectivity index (χ1n) is 5.16. The number of rotatable bonds is 2. The van der Waals surface area contributed by atoms with E-state index in [1.807, 2.05) is 0 Å². The van der Waals surface area contributed by atoms with E-state index in [1.165, 1.54) is 24.0 Å². The lowest BCUT2D eigenvalue weighted by atomic mass is 9.92. The predicted octanol–water partition coefficient (Wildman–Crippen LogP) is 3.99. The van der Waals surface area contributed by atoms with Gasteiger partial charge in [-0.25, -0.2) is 0 Å². The summed E-state index contributed by atoms with van der Waals surface area (Å²) in [4.78, 5) is 0. The van der Waals surface area contributed by atoms with Gasteiger partial charge in [0, 0.05) is 5.92 Å². The van der Waals surface area contributed by atoms with Gasteiger partial charge in [-0.3, -0.25) is 0 Å². The average molecular weight is 172 g/mol. The van der Waals surface area contributed by atoms with Crippen molar-refractivity contribution in [1.29, 1.82) is 0 Å². The van der Waals surface area contributed by atoms with Gasteiger partial charge in [-0.05, 0) is 24.0 Å². The van der Waals surface area contributed by atoms with Crippen molar-refractivity contribution in [3.05, 3.63) is 41.0 Å². The molecule has 1 atom stereocenters. The predicted molar refractivity (Wildman–Crippen MR) is 57.7 cm³/mol. The van der Waals surface area contributed by atoms with E-state index in [-0.39, 0.29) is 0 Å². The minimum absolute atomic E-state index is 0.696. The second-order valence-corrected chi connectivity index (χ2v) is 3.66. The molecule has 0 aromatic heterocycles. The molecular weight excluding hydrogens is 156 g/mol. The molecule has 0 heterocycles. The maximum atomic E-state index is 2.36. The molecule has 0 heteroatoms. The van der Waals surface area contributed by atoms with Gasteiger partial charge in [0.05, 0.1) is 0 Å². The van der Waals surface area contributed by atoms with Crippen molar-refractivity contribution in [3.63, 3.8) is 0 Å². The zero-order chi connectivity index (χ0) is 9.26. The quantitative estimate of drug-likeness (QED) is 0.632. The molecule has 2 rings (SSSR count). The minimum Gasteiger partial charge on any atom is -0.0645 e. The largest absolute Gasteiger partial charge is 0.0645 e. The molecule has 0 bridgehead atoms. The van der Waals surface area contributed by atoms with Crippen LogP contribution in [-0.2, 0) is 0 Å². The Bertz CT molecular complexity index is 334. The Labute approximate surface area is 80.3 Å². The van der Waals surface area contributed by atoms with E-state index < -0.39 is 0 Å². The van der Waals surface area contributed by atoms with Crippen molar-refractivity contribution in [1.82, 2.24) is 0 Å². The standard InChI is InChI=1S/C13H16/c1-3-10-9-11-7-5-6-8-13(11)12(10)4-2/h5-9,12H,3-4H2,1-2H3. The molecule has 0 N–H and O–H groups in total. The highest BCUT2D eigenvalue weighted by Crippen LogP contribution is 2.39. The molecule has 1 aliphatic rings. The molecule has 1 aliphatic carbocycles. The van der Waals surface area contributed by atoms with Gasteiger partial charge in [0.15, 0.2) is 0 Å². The van der Waals surface area contributed by atoms with Gasteiger partial charge < -0.3 is 0 Å². The van der Waals surface area contributed by atoms with Crippen molar-refractivity contribution in [2.45, 2.75) is 32.6 Å². The van der Waals surface area contributed by atoms with E-state index >= 15 is 0 Å². The van der Waals surface area contributed by atoms with Crippen molar-refractivity contribution < 1.29 is 0 Å². The molecule has 1 unspecified atom stereocenters. The van der Waals surface area contributed by atoms with Crippen LogP contribution in [0.3, 0.4) is 0 Å². The van der Waals surface area contributed by atoms with Crippen LogP contribution in [0.4, 0.5) is 0 Å². The number of fused-ring (bicyclic) bond motifs is 1. The Morgan fingerprint density at radius 1 is 1.15 bits per heavy atom. The van der Waals surface area contributed by atoms with Crippen LogP contribution in [0.15, 0.2) is 29.8 Å². The van der Waals surface area contributed by atoms with Crippen LogP contribution in [-0.4, -0.2) is 0 Å². The fourth-order valence-corrected chi connectivity index (χ4v) is 2.29. The average Bonchev–Trinajstić information content (AvgIpc) is 2.55. The summed E-state index contributed by atoms with van der Waals surface area (Å²) in [6.45, 7) is 4.52. The van der Waals surface area contributed by atoms with Gasteiger partial charge in [-0.2, -0.15) is 0 Å². The first-order chi connectivity index (χ1) is 6.36. The number of hydrogen-bond acceptors (Lipinski definition) is 0. The summed E-state index contributed by atoms with van der Waals surface area (Å²) in [5, 5.41) is 0. The zero-order valence-electron chi connectivity index (χ0n) is 8.38. The summed E-state index contributed by atoms with van der Waals surface area (Å²) in [6.07, 6.45) is 4.79. The molecule has 0 amide bonds. The molecule has 13 heavy (non-hydrogen) atoms. The number of allylic oxidation sites excluding steroid dienone is 1. The van der Waals surface area contributed by atoms with E-state index in [9.17, 15) is 0 Å². The molecule has 1 aromatic rings. The van der Waals surface area contributed by atoms with Gasteiger partial charge in [0.2, 0.25) is 0 Å². The fourth-order valence-electron chi connectivity index (χ4n) is 2.29. The molecule has 0 aliphatic heterocycles. The number of hydrogen-bond donors (Lipinski definition) is 0. The van der Waals surface area contributed by atoms with Crippen molar-refractivity contribution in [3.8, 4) is 0 Å². The van der Waals surface area contributed by atoms with E-state index in [2.05, 4.69) is 44.2 Å². The summed E-state index contributed by atoms with van der Waals surface area (Å²) in [5.41, 5.74) is 4.57. The smallest absolute Gasteiger partial charge is 0.00547 e. The second kappa shape index (κ2) is 3.37. The van der Waals surface area contributed by atoms with E-state index in [4.69, 9.17) is 0 Å². The van der Waals surface area contributed by atoms with Crippen LogP contribution >= 0.6 is 0 Å². The zero-order valence-corrected chi connectivity index (χ0v) is 8.38. The molecule has 0 fully saturated rings. The third kappa shape index (κ3) is 1.31. The molecule has 0 saturated carbocycles. The Kier molecular flexibility index (Phi) is 2.22. The highest BCUT2D eigenvalue weighted by Gasteiger charge is 2.21. The summed E-state index contributed by atoms with van der Waals surface area (Å²) in [5.74, 6) is 0.696. The molecule has 0 spiro atoms. The van der Waals surface area contributed by atoms with Gasteiger partial charge in [0.1, 0.15) is 0 Å². The molecule has 0 radical (unpaired) electrons. The van der Waals surface area contributed by atoms with E-state index in [0.717, 1.165) is 0 Å². The second-order valence-electron chi connectivity index (χ2n) is 3.66.